The van der Waals surface area contributed by atoms with Gasteiger partial charge in [0.2, 0.25) is 0 Å². The molecule has 0 spiro atoms. The molecule has 0 saturated carbocycles. The quantitative estimate of drug-likeness (QED) is 0.226. The summed E-state index contributed by atoms with van der Waals surface area (Å²) in [7, 11) is 0. The van der Waals surface area contributed by atoms with Gasteiger partial charge in [0.25, 0.3) is 0 Å². The minimum Gasteiger partial charge on any atom is -0.463 e. The minimum atomic E-state index is -0.505. The maximum Gasteiger partial charge on any atom is 0.332 e. The van der Waals surface area contributed by atoms with Gasteiger partial charge in [0, 0.05) is 0 Å². The van der Waals surface area contributed by atoms with E-state index in [-0.39, 0.29) is 31.1 Å². The number of unbranched alkanes of at least 4 members (excludes halogenated alkanes) is 1. The maximum absolute atomic E-state index is 11.9. The van der Waals surface area contributed by atoms with E-state index in [1.54, 1.807) is 0 Å². The second kappa shape index (κ2) is 18.5. The normalized spacial score (nSPS) is 12.6. The lowest BCUT2D eigenvalue weighted by Crippen LogP contribution is -2.27. The Morgan fingerprint density at radius 2 is 1.27 bits per heavy atom. The molecule has 0 aliphatic carbocycles. The van der Waals surface area contributed by atoms with Gasteiger partial charge in [0.1, 0.15) is 18.8 Å². The van der Waals surface area contributed by atoms with Crippen LogP contribution in [0.25, 0.3) is 0 Å². The monoisotopic (exact) mass is 434 g/mol. The standard InChI is InChI=1S/C22H42O8/c1-6-8-9-19(7-2)21(24)29-17-16-27-13-12-25-10-11-26-14-15-28-18-20(23)30-22(3,4)5/h19H,6-18H2,1-5H3. The zero-order valence-corrected chi connectivity index (χ0v) is 19.5. The fraction of sp³-hybridized carbons (Fsp3) is 0.909. The fourth-order valence-corrected chi connectivity index (χ4v) is 2.44. The number of hydrogen-bond donors (Lipinski definition) is 0. The highest BCUT2D eigenvalue weighted by molar-refractivity contribution is 5.72. The fourth-order valence-electron chi connectivity index (χ4n) is 2.44. The van der Waals surface area contributed by atoms with Gasteiger partial charge in [0.15, 0.2) is 0 Å². The molecule has 178 valence electrons. The average Bonchev–Trinajstić information content (AvgIpc) is 2.67. The van der Waals surface area contributed by atoms with Crippen molar-refractivity contribution < 1.29 is 38.0 Å². The third-order valence-corrected chi connectivity index (χ3v) is 3.96. The van der Waals surface area contributed by atoms with Crippen molar-refractivity contribution in [1.82, 2.24) is 0 Å². The molecule has 30 heavy (non-hydrogen) atoms. The highest BCUT2D eigenvalue weighted by Gasteiger charge is 2.17. The largest absolute Gasteiger partial charge is 0.463 e. The molecule has 0 aliphatic rings. The third-order valence-electron chi connectivity index (χ3n) is 3.96. The summed E-state index contributed by atoms with van der Waals surface area (Å²) in [4.78, 5) is 23.4. The molecule has 0 radical (unpaired) electrons. The average molecular weight is 435 g/mol. The summed E-state index contributed by atoms with van der Waals surface area (Å²) in [6, 6.07) is 0. The number of rotatable bonds is 19. The van der Waals surface area contributed by atoms with Gasteiger partial charge in [-0.3, -0.25) is 4.79 Å². The van der Waals surface area contributed by atoms with Crippen LogP contribution in [-0.2, 0) is 38.0 Å². The maximum atomic E-state index is 11.9. The number of carbonyl (C=O) groups is 2. The Hall–Kier alpha value is -1.22. The molecule has 0 amide bonds. The van der Waals surface area contributed by atoms with Gasteiger partial charge in [-0.1, -0.05) is 26.7 Å². The first kappa shape index (κ1) is 28.8. The van der Waals surface area contributed by atoms with E-state index >= 15 is 0 Å². The molecule has 8 nitrogen and oxygen atoms in total. The van der Waals surface area contributed by atoms with E-state index in [1.165, 1.54) is 0 Å². The molecule has 0 aromatic heterocycles. The van der Waals surface area contributed by atoms with Crippen molar-refractivity contribution in [1.29, 1.82) is 0 Å². The van der Waals surface area contributed by atoms with Crippen molar-refractivity contribution in [2.24, 2.45) is 5.92 Å². The molecule has 0 bridgehead atoms. The Kier molecular flexibility index (Phi) is 17.8. The molecule has 1 atom stereocenters. The van der Waals surface area contributed by atoms with E-state index in [1.807, 2.05) is 27.7 Å². The molecule has 0 aliphatic heterocycles. The van der Waals surface area contributed by atoms with Crippen LogP contribution in [-0.4, -0.2) is 77.0 Å². The smallest absolute Gasteiger partial charge is 0.332 e. The lowest BCUT2D eigenvalue weighted by atomic mass is 10.00. The summed E-state index contributed by atoms with van der Waals surface area (Å²) >= 11 is 0. The van der Waals surface area contributed by atoms with Crippen molar-refractivity contribution in [2.45, 2.75) is 65.9 Å². The topological polar surface area (TPSA) is 89.5 Å². The van der Waals surface area contributed by atoms with E-state index in [0.29, 0.717) is 46.2 Å². The number of esters is 2. The molecule has 0 heterocycles. The van der Waals surface area contributed by atoms with E-state index in [9.17, 15) is 9.59 Å². The van der Waals surface area contributed by atoms with Crippen LogP contribution in [0.1, 0.15) is 60.3 Å². The van der Waals surface area contributed by atoms with Crippen LogP contribution in [0.5, 0.6) is 0 Å². The molecule has 0 rings (SSSR count). The second-order valence-corrected chi connectivity index (χ2v) is 7.89. The molecule has 1 unspecified atom stereocenters. The van der Waals surface area contributed by atoms with Gasteiger partial charge in [-0.15, -0.1) is 0 Å². The van der Waals surface area contributed by atoms with Crippen LogP contribution in [0.4, 0.5) is 0 Å². The minimum absolute atomic E-state index is 0.00371. The number of hydrogen-bond acceptors (Lipinski definition) is 8. The second-order valence-electron chi connectivity index (χ2n) is 7.89. The summed E-state index contributed by atoms with van der Waals surface area (Å²) < 4.78 is 31.7. The van der Waals surface area contributed by atoms with Gasteiger partial charge >= 0.3 is 11.9 Å². The Bertz CT molecular complexity index is 433. The molecule has 0 fully saturated rings. The van der Waals surface area contributed by atoms with Crippen LogP contribution in [0, 0.1) is 5.92 Å². The predicted octanol–water partition coefficient (Wildman–Crippen LogP) is 3.15. The van der Waals surface area contributed by atoms with Crippen molar-refractivity contribution >= 4 is 11.9 Å². The number of ether oxygens (including phenoxy) is 6. The zero-order chi connectivity index (χ0) is 22.7. The molecule has 0 aromatic carbocycles. The molecular formula is C22H42O8. The summed E-state index contributed by atoms with van der Waals surface area (Å²) in [6.07, 6.45) is 3.83. The first-order valence-electron chi connectivity index (χ1n) is 11.0. The molecule has 8 heteroatoms. The molecule has 0 aromatic rings. The van der Waals surface area contributed by atoms with Crippen molar-refractivity contribution in [3.05, 3.63) is 0 Å². The van der Waals surface area contributed by atoms with Gasteiger partial charge in [-0.2, -0.15) is 0 Å². The van der Waals surface area contributed by atoms with E-state index in [0.717, 1.165) is 25.7 Å². The van der Waals surface area contributed by atoms with Crippen LogP contribution in [0.2, 0.25) is 0 Å². The van der Waals surface area contributed by atoms with Crippen molar-refractivity contribution in [3.8, 4) is 0 Å². The van der Waals surface area contributed by atoms with Gasteiger partial charge in [-0.25, -0.2) is 4.79 Å². The third kappa shape index (κ3) is 18.8. The lowest BCUT2D eigenvalue weighted by Gasteiger charge is -2.19. The molecular weight excluding hydrogens is 392 g/mol. The first-order chi connectivity index (χ1) is 14.3. The van der Waals surface area contributed by atoms with Crippen LogP contribution in [0.15, 0.2) is 0 Å². The summed E-state index contributed by atoms with van der Waals surface area (Å²) in [5.41, 5.74) is -0.505. The van der Waals surface area contributed by atoms with E-state index in [2.05, 4.69) is 6.92 Å². The predicted molar refractivity (Wildman–Crippen MR) is 113 cm³/mol. The van der Waals surface area contributed by atoms with Crippen LogP contribution < -0.4 is 0 Å². The van der Waals surface area contributed by atoms with Gasteiger partial charge in [0.05, 0.1) is 52.2 Å². The van der Waals surface area contributed by atoms with Crippen LogP contribution >= 0.6 is 0 Å². The van der Waals surface area contributed by atoms with Crippen molar-refractivity contribution in [2.75, 3.05) is 59.5 Å². The Morgan fingerprint density at radius 1 is 0.767 bits per heavy atom. The van der Waals surface area contributed by atoms with Gasteiger partial charge in [-0.05, 0) is 33.6 Å². The zero-order valence-electron chi connectivity index (χ0n) is 19.5. The summed E-state index contributed by atoms with van der Waals surface area (Å²) in [6.45, 7) is 12.6. The summed E-state index contributed by atoms with van der Waals surface area (Å²) in [5, 5.41) is 0. The van der Waals surface area contributed by atoms with Crippen molar-refractivity contribution in [3.63, 3.8) is 0 Å². The van der Waals surface area contributed by atoms with Crippen LogP contribution in [0.3, 0.4) is 0 Å². The Labute approximate surface area is 181 Å². The van der Waals surface area contributed by atoms with Gasteiger partial charge < -0.3 is 28.4 Å². The molecule has 0 N–H and O–H groups in total. The number of carbonyl (C=O) groups excluding carboxylic acids is 2. The highest BCUT2D eigenvalue weighted by Crippen LogP contribution is 2.14. The summed E-state index contributed by atoms with van der Waals surface area (Å²) in [5.74, 6) is -0.517. The first-order valence-corrected chi connectivity index (χ1v) is 11.0. The Morgan fingerprint density at radius 3 is 1.73 bits per heavy atom. The van der Waals surface area contributed by atoms with E-state index < -0.39 is 5.60 Å². The molecule has 0 saturated heterocycles. The lowest BCUT2D eigenvalue weighted by molar-refractivity contribution is -0.160. The SMILES string of the molecule is CCCCC(CC)C(=O)OCCOCCOCCOCCOCC(=O)OC(C)(C)C. The Balaban J connectivity index is 3.37. The highest BCUT2D eigenvalue weighted by atomic mass is 16.6. The van der Waals surface area contributed by atoms with E-state index in [4.69, 9.17) is 28.4 Å².